The van der Waals surface area contributed by atoms with Crippen molar-refractivity contribution in [2.24, 2.45) is 0 Å². The maximum absolute atomic E-state index is 13.6. The van der Waals surface area contributed by atoms with Crippen LogP contribution in [0, 0.1) is 5.82 Å². The number of anilines is 1. The SMILES string of the molecule is CC1CN(C)CCN1c1ccccc1F. The summed E-state index contributed by atoms with van der Waals surface area (Å²) in [6.45, 7) is 5.04. The molecule has 1 fully saturated rings. The molecule has 1 saturated heterocycles. The van der Waals surface area contributed by atoms with E-state index in [4.69, 9.17) is 0 Å². The Labute approximate surface area is 90.3 Å². The number of nitrogens with zero attached hydrogens (tertiary/aromatic N) is 2. The molecular weight excluding hydrogens is 191 g/mol. The second-order valence-electron chi connectivity index (χ2n) is 4.26. The van der Waals surface area contributed by atoms with Crippen LogP contribution in [0.2, 0.25) is 0 Å². The molecular formula is C12H17FN2. The first kappa shape index (κ1) is 10.4. The number of benzene rings is 1. The molecule has 0 saturated carbocycles. The highest BCUT2D eigenvalue weighted by atomic mass is 19.1. The Morgan fingerprint density at radius 1 is 1.27 bits per heavy atom. The molecule has 0 aliphatic carbocycles. The molecule has 0 amide bonds. The van der Waals surface area contributed by atoms with Crippen LogP contribution in [0.5, 0.6) is 0 Å². The van der Waals surface area contributed by atoms with E-state index in [0.29, 0.717) is 6.04 Å². The lowest BCUT2D eigenvalue weighted by molar-refractivity contribution is 0.274. The molecule has 0 radical (unpaired) electrons. The third-order valence-corrected chi connectivity index (χ3v) is 2.99. The third-order valence-electron chi connectivity index (χ3n) is 2.99. The van der Waals surface area contributed by atoms with E-state index in [0.717, 1.165) is 25.3 Å². The van der Waals surface area contributed by atoms with Crippen molar-refractivity contribution in [3.63, 3.8) is 0 Å². The van der Waals surface area contributed by atoms with Crippen LogP contribution in [0.25, 0.3) is 0 Å². The largest absolute Gasteiger partial charge is 0.364 e. The number of para-hydroxylation sites is 1. The van der Waals surface area contributed by atoms with Gasteiger partial charge in [0.05, 0.1) is 5.69 Å². The second kappa shape index (κ2) is 4.19. The van der Waals surface area contributed by atoms with Gasteiger partial charge in [0.2, 0.25) is 0 Å². The number of piperazine rings is 1. The lowest BCUT2D eigenvalue weighted by atomic mass is 10.1. The Morgan fingerprint density at radius 3 is 2.67 bits per heavy atom. The summed E-state index contributed by atoms with van der Waals surface area (Å²) >= 11 is 0. The smallest absolute Gasteiger partial charge is 0.146 e. The Kier molecular flexibility index (Phi) is 2.91. The molecule has 3 heteroatoms. The maximum atomic E-state index is 13.6. The first-order valence-corrected chi connectivity index (χ1v) is 5.38. The van der Waals surface area contributed by atoms with Gasteiger partial charge in [-0.05, 0) is 26.1 Å². The molecule has 1 aliphatic heterocycles. The molecule has 1 aromatic rings. The number of halogens is 1. The van der Waals surface area contributed by atoms with Crippen molar-refractivity contribution in [1.29, 1.82) is 0 Å². The van der Waals surface area contributed by atoms with Crippen LogP contribution in [0.3, 0.4) is 0 Å². The van der Waals surface area contributed by atoms with Crippen molar-refractivity contribution >= 4 is 5.69 Å². The van der Waals surface area contributed by atoms with Gasteiger partial charge in [0.15, 0.2) is 0 Å². The number of hydrogen-bond acceptors (Lipinski definition) is 2. The summed E-state index contributed by atoms with van der Waals surface area (Å²) in [5.41, 5.74) is 0.734. The minimum atomic E-state index is -0.117. The van der Waals surface area contributed by atoms with Crippen LogP contribution >= 0.6 is 0 Å². The zero-order chi connectivity index (χ0) is 10.8. The fourth-order valence-corrected chi connectivity index (χ4v) is 2.18. The van der Waals surface area contributed by atoms with Crippen molar-refractivity contribution in [3.8, 4) is 0 Å². The van der Waals surface area contributed by atoms with Gasteiger partial charge in [0.1, 0.15) is 5.82 Å². The standard InChI is InChI=1S/C12H17FN2/c1-10-9-14(2)7-8-15(10)12-6-4-3-5-11(12)13/h3-6,10H,7-9H2,1-2H3. The topological polar surface area (TPSA) is 6.48 Å². The maximum Gasteiger partial charge on any atom is 0.146 e. The minimum Gasteiger partial charge on any atom is -0.364 e. The van der Waals surface area contributed by atoms with E-state index < -0.39 is 0 Å². The van der Waals surface area contributed by atoms with Crippen LogP contribution in [-0.4, -0.2) is 37.6 Å². The Hall–Kier alpha value is -1.09. The predicted octanol–water partition coefficient (Wildman–Crippen LogP) is 1.97. The quantitative estimate of drug-likeness (QED) is 0.696. The molecule has 2 nitrogen and oxygen atoms in total. The van der Waals surface area contributed by atoms with Gasteiger partial charge in [-0.3, -0.25) is 0 Å². The summed E-state index contributed by atoms with van der Waals surface area (Å²) in [5.74, 6) is -0.117. The summed E-state index contributed by atoms with van der Waals surface area (Å²) < 4.78 is 13.6. The van der Waals surface area contributed by atoms with E-state index in [9.17, 15) is 4.39 Å². The average Bonchev–Trinajstić information content (AvgIpc) is 2.20. The van der Waals surface area contributed by atoms with E-state index in [-0.39, 0.29) is 5.82 Å². The normalized spacial score (nSPS) is 23.1. The van der Waals surface area contributed by atoms with E-state index in [2.05, 4.69) is 23.8 Å². The Morgan fingerprint density at radius 2 is 2.00 bits per heavy atom. The van der Waals surface area contributed by atoms with E-state index in [1.54, 1.807) is 6.07 Å². The summed E-state index contributed by atoms with van der Waals surface area (Å²) in [5, 5.41) is 0. The van der Waals surface area contributed by atoms with E-state index in [1.807, 2.05) is 12.1 Å². The number of likely N-dealkylation sites (N-methyl/N-ethyl adjacent to an activating group) is 1. The van der Waals surface area contributed by atoms with Crippen LogP contribution in [0.15, 0.2) is 24.3 Å². The summed E-state index contributed by atoms with van der Waals surface area (Å²) in [6.07, 6.45) is 0. The van der Waals surface area contributed by atoms with Gasteiger partial charge in [0.25, 0.3) is 0 Å². The highest BCUT2D eigenvalue weighted by Crippen LogP contribution is 2.22. The lowest BCUT2D eigenvalue weighted by Crippen LogP contribution is -2.50. The van der Waals surface area contributed by atoms with Crippen molar-refractivity contribution in [3.05, 3.63) is 30.1 Å². The van der Waals surface area contributed by atoms with Gasteiger partial charge < -0.3 is 9.80 Å². The van der Waals surface area contributed by atoms with Gasteiger partial charge >= 0.3 is 0 Å². The fourth-order valence-electron chi connectivity index (χ4n) is 2.18. The molecule has 15 heavy (non-hydrogen) atoms. The fraction of sp³-hybridized carbons (Fsp3) is 0.500. The summed E-state index contributed by atoms with van der Waals surface area (Å²) in [7, 11) is 2.11. The van der Waals surface area contributed by atoms with Gasteiger partial charge in [0, 0.05) is 25.7 Å². The predicted molar refractivity (Wildman–Crippen MR) is 60.7 cm³/mol. The van der Waals surface area contributed by atoms with Crippen molar-refractivity contribution in [2.45, 2.75) is 13.0 Å². The van der Waals surface area contributed by atoms with Crippen molar-refractivity contribution in [1.82, 2.24) is 4.90 Å². The molecule has 1 aliphatic rings. The molecule has 2 rings (SSSR count). The molecule has 1 heterocycles. The molecule has 82 valence electrons. The highest BCUT2D eigenvalue weighted by molar-refractivity contribution is 5.49. The zero-order valence-electron chi connectivity index (χ0n) is 9.28. The Balaban J connectivity index is 2.20. The second-order valence-corrected chi connectivity index (χ2v) is 4.26. The van der Waals surface area contributed by atoms with E-state index >= 15 is 0 Å². The van der Waals surface area contributed by atoms with Gasteiger partial charge in [-0.15, -0.1) is 0 Å². The van der Waals surface area contributed by atoms with E-state index in [1.165, 1.54) is 6.07 Å². The van der Waals surface area contributed by atoms with Gasteiger partial charge in [-0.2, -0.15) is 0 Å². The van der Waals surface area contributed by atoms with Crippen LogP contribution in [0.4, 0.5) is 10.1 Å². The third kappa shape index (κ3) is 2.12. The lowest BCUT2D eigenvalue weighted by Gasteiger charge is -2.39. The average molecular weight is 208 g/mol. The first-order chi connectivity index (χ1) is 7.18. The van der Waals surface area contributed by atoms with Crippen LogP contribution in [0.1, 0.15) is 6.92 Å². The van der Waals surface area contributed by atoms with Crippen LogP contribution in [-0.2, 0) is 0 Å². The number of rotatable bonds is 1. The highest BCUT2D eigenvalue weighted by Gasteiger charge is 2.23. The number of hydrogen-bond donors (Lipinski definition) is 0. The molecule has 0 spiro atoms. The van der Waals surface area contributed by atoms with Crippen LogP contribution < -0.4 is 4.90 Å². The van der Waals surface area contributed by atoms with Gasteiger partial charge in [-0.25, -0.2) is 4.39 Å². The Bertz CT molecular complexity index is 340. The molecule has 1 unspecified atom stereocenters. The summed E-state index contributed by atoms with van der Waals surface area (Å²) in [6, 6.07) is 7.39. The first-order valence-electron chi connectivity index (χ1n) is 5.38. The molecule has 0 aromatic heterocycles. The molecule has 1 aromatic carbocycles. The molecule has 0 bridgehead atoms. The monoisotopic (exact) mass is 208 g/mol. The minimum absolute atomic E-state index is 0.117. The molecule has 0 N–H and O–H groups in total. The summed E-state index contributed by atoms with van der Waals surface area (Å²) in [4.78, 5) is 4.43. The van der Waals surface area contributed by atoms with Crippen molar-refractivity contribution < 1.29 is 4.39 Å². The molecule has 1 atom stereocenters. The van der Waals surface area contributed by atoms with Gasteiger partial charge in [-0.1, -0.05) is 12.1 Å². The zero-order valence-corrected chi connectivity index (χ0v) is 9.28. The van der Waals surface area contributed by atoms with Crippen molar-refractivity contribution in [2.75, 3.05) is 31.6 Å².